The largest absolute Gasteiger partial charge is 0.493 e. The van der Waals surface area contributed by atoms with Crippen LogP contribution in [0.1, 0.15) is 32.6 Å². The Morgan fingerprint density at radius 3 is 2.28 bits per heavy atom. The van der Waals surface area contributed by atoms with E-state index in [2.05, 4.69) is 5.32 Å². The van der Waals surface area contributed by atoms with Crippen molar-refractivity contribution in [1.29, 1.82) is 0 Å². The van der Waals surface area contributed by atoms with Crippen LogP contribution in [0, 0.1) is 0 Å². The molecule has 0 fully saturated rings. The number of methoxy groups -OCH3 is 1. The Hall–Kier alpha value is -4.33. The van der Waals surface area contributed by atoms with Crippen LogP contribution < -0.4 is 20.5 Å². The van der Waals surface area contributed by atoms with Crippen molar-refractivity contribution < 1.29 is 29.0 Å². The zero-order valence-corrected chi connectivity index (χ0v) is 20.0. The molecule has 2 amide bonds. The molecule has 0 aliphatic heterocycles. The van der Waals surface area contributed by atoms with Crippen molar-refractivity contribution in [3.05, 3.63) is 94.5 Å². The quantitative estimate of drug-likeness (QED) is 0.403. The molecular weight excluding hydrogens is 460 g/mol. The van der Waals surface area contributed by atoms with E-state index in [1.165, 1.54) is 7.11 Å². The predicted molar refractivity (Wildman–Crippen MR) is 133 cm³/mol. The third-order valence-corrected chi connectivity index (χ3v) is 6.31. The summed E-state index contributed by atoms with van der Waals surface area (Å²) < 4.78 is 11.3. The number of aliphatic carboxylic acids is 1. The molecule has 1 aliphatic rings. The molecule has 0 bridgehead atoms. The summed E-state index contributed by atoms with van der Waals surface area (Å²) in [6.45, 7) is 0.301. The first-order chi connectivity index (χ1) is 17.3. The number of nitrogens with two attached hydrogens (primary N) is 1. The second-order valence-corrected chi connectivity index (χ2v) is 8.89. The van der Waals surface area contributed by atoms with Crippen LogP contribution in [-0.4, -0.2) is 42.1 Å². The molecule has 1 aliphatic carbocycles. The van der Waals surface area contributed by atoms with Crippen LogP contribution in [0.15, 0.2) is 66.7 Å². The van der Waals surface area contributed by atoms with Gasteiger partial charge in [-0.2, -0.15) is 0 Å². The number of benzene rings is 3. The van der Waals surface area contributed by atoms with E-state index in [0.717, 1.165) is 22.3 Å². The first-order valence-electron chi connectivity index (χ1n) is 11.6. The molecule has 3 aromatic rings. The molecule has 4 rings (SSSR count). The molecule has 0 saturated carbocycles. The number of carboxylic acids is 1. The van der Waals surface area contributed by atoms with E-state index in [9.17, 15) is 19.5 Å². The van der Waals surface area contributed by atoms with Gasteiger partial charge in [0, 0.05) is 24.8 Å². The van der Waals surface area contributed by atoms with Gasteiger partial charge < -0.3 is 25.6 Å². The third kappa shape index (κ3) is 5.49. The highest BCUT2D eigenvalue weighted by molar-refractivity contribution is 5.99. The van der Waals surface area contributed by atoms with Gasteiger partial charge >= 0.3 is 5.97 Å². The van der Waals surface area contributed by atoms with Gasteiger partial charge in [0.05, 0.1) is 20.1 Å². The minimum Gasteiger partial charge on any atom is -0.493 e. The Kier molecular flexibility index (Phi) is 7.24. The van der Waals surface area contributed by atoms with Gasteiger partial charge in [0.25, 0.3) is 5.91 Å². The van der Waals surface area contributed by atoms with Crippen molar-refractivity contribution in [2.45, 2.75) is 31.2 Å². The monoisotopic (exact) mass is 488 g/mol. The number of carboxylic acid groups (broad SMARTS) is 1. The number of carbonyl (C=O) groups excluding carboxylic acids is 2. The van der Waals surface area contributed by atoms with Gasteiger partial charge in [-0.3, -0.25) is 9.59 Å². The Balaban J connectivity index is 1.46. The molecule has 0 radical (unpaired) electrons. The normalized spacial score (nSPS) is 13.5. The summed E-state index contributed by atoms with van der Waals surface area (Å²) in [5, 5.41) is 12.7. The van der Waals surface area contributed by atoms with Crippen molar-refractivity contribution >= 4 is 17.8 Å². The van der Waals surface area contributed by atoms with E-state index in [-0.39, 0.29) is 24.8 Å². The molecule has 0 spiro atoms. The average Bonchev–Trinajstić information content (AvgIpc) is 3.23. The smallest absolute Gasteiger partial charge is 0.330 e. The zero-order valence-electron chi connectivity index (χ0n) is 20.0. The maximum atomic E-state index is 13.1. The van der Waals surface area contributed by atoms with Crippen LogP contribution in [0.25, 0.3) is 0 Å². The number of rotatable bonds is 10. The van der Waals surface area contributed by atoms with Crippen molar-refractivity contribution in [2.75, 3.05) is 13.7 Å². The zero-order chi connectivity index (χ0) is 25.7. The van der Waals surface area contributed by atoms with Crippen LogP contribution in [0.4, 0.5) is 0 Å². The molecular formula is C28H28N2O6. The summed E-state index contributed by atoms with van der Waals surface area (Å²) >= 11 is 0. The molecule has 8 heteroatoms. The Labute approximate surface area is 209 Å². The number of nitrogens with one attached hydrogen (secondary N) is 1. The molecule has 0 atom stereocenters. The summed E-state index contributed by atoms with van der Waals surface area (Å²) in [6.07, 6.45) is 1.17. The third-order valence-electron chi connectivity index (χ3n) is 6.31. The van der Waals surface area contributed by atoms with Gasteiger partial charge in [-0.05, 0) is 40.5 Å². The van der Waals surface area contributed by atoms with Crippen LogP contribution in [0.3, 0.4) is 0 Å². The van der Waals surface area contributed by atoms with E-state index in [1.54, 1.807) is 18.2 Å². The standard InChI is InChI=1S/C28H28N2O6/c1-35-23-10-9-20(15-24(23)36-12-11-18-5-4-6-19(13-18)14-25(29)31)26(32)30-28(27(33)34)16-21-7-2-3-8-22(21)17-28/h2-10,13,15H,11-12,14,16-17H2,1H3,(H2,29,31)(H,30,32)(H,33,34). The summed E-state index contributed by atoms with van der Waals surface area (Å²) in [4.78, 5) is 36.5. The predicted octanol–water partition coefficient (Wildman–Crippen LogP) is 2.70. The topological polar surface area (TPSA) is 128 Å². The SMILES string of the molecule is COc1ccc(C(=O)NC2(C(=O)O)Cc3ccccc3C2)cc1OCCc1cccc(CC(N)=O)c1. The number of hydrogen-bond acceptors (Lipinski definition) is 5. The van der Waals surface area contributed by atoms with Crippen molar-refractivity contribution in [1.82, 2.24) is 5.32 Å². The second-order valence-electron chi connectivity index (χ2n) is 8.89. The summed E-state index contributed by atoms with van der Waals surface area (Å²) in [6, 6.07) is 19.8. The molecule has 0 unspecified atom stereocenters. The number of carbonyl (C=O) groups is 3. The number of hydrogen-bond donors (Lipinski definition) is 3. The van der Waals surface area contributed by atoms with Gasteiger partial charge in [0.15, 0.2) is 11.5 Å². The molecule has 186 valence electrons. The van der Waals surface area contributed by atoms with Gasteiger partial charge in [-0.15, -0.1) is 0 Å². The lowest BCUT2D eigenvalue weighted by molar-refractivity contribution is -0.144. The van der Waals surface area contributed by atoms with E-state index in [1.807, 2.05) is 48.5 Å². The summed E-state index contributed by atoms with van der Waals surface area (Å²) in [7, 11) is 1.50. The fourth-order valence-electron chi connectivity index (χ4n) is 4.50. The summed E-state index contributed by atoms with van der Waals surface area (Å²) in [5.41, 5.74) is 7.78. The fourth-order valence-corrected chi connectivity index (χ4v) is 4.50. The van der Waals surface area contributed by atoms with Crippen molar-refractivity contribution in [3.63, 3.8) is 0 Å². The minimum atomic E-state index is -1.41. The van der Waals surface area contributed by atoms with Crippen molar-refractivity contribution in [2.24, 2.45) is 5.73 Å². The van der Waals surface area contributed by atoms with Crippen molar-refractivity contribution in [3.8, 4) is 11.5 Å². The Morgan fingerprint density at radius 1 is 0.944 bits per heavy atom. The molecule has 0 aromatic heterocycles. The second kappa shape index (κ2) is 10.5. The van der Waals surface area contributed by atoms with Gasteiger partial charge in [-0.1, -0.05) is 48.5 Å². The van der Waals surface area contributed by atoms with E-state index < -0.39 is 23.3 Å². The first-order valence-corrected chi connectivity index (χ1v) is 11.6. The lowest BCUT2D eigenvalue weighted by Crippen LogP contribution is -2.55. The van der Waals surface area contributed by atoms with Crippen LogP contribution >= 0.6 is 0 Å². The van der Waals surface area contributed by atoms with E-state index >= 15 is 0 Å². The molecule has 36 heavy (non-hydrogen) atoms. The molecule has 0 saturated heterocycles. The number of ether oxygens (including phenoxy) is 2. The Bertz CT molecular complexity index is 1280. The summed E-state index contributed by atoms with van der Waals surface area (Å²) in [5.74, 6) is -1.14. The highest BCUT2D eigenvalue weighted by Crippen LogP contribution is 2.32. The number of fused-ring (bicyclic) bond motifs is 1. The average molecular weight is 489 g/mol. The number of amides is 2. The maximum Gasteiger partial charge on any atom is 0.330 e. The molecule has 3 aromatic carbocycles. The van der Waals surface area contributed by atoms with Crippen LogP contribution in [-0.2, 0) is 35.3 Å². The van der Waals surface area contributed by atoms with Gasteiger partial charge in [0.1, 0.15) is 5.54 Å². The van der Waals surface area contributed by atoms with E-state index in [4.69, 9.17) is 15.2 Å². The van der Waals surface area contributed by atoms with Gasteiger partial charge in [0.2, 0.25) is 5.91 Å². The maximum absolute atomic E-state index is 13.1. The molecule has 8 nitrogen and oxygen atoms in total. The first kappa shape index (κ1) is 24.8. The minimum absolute atomic E-state index is 0.169. The molecule has 0 heterocycles. The van der Waals surface area contributed by atoms with Crippen LogP contribution in [0.5, 0.6) is 11.5 Å². The number of primary amides is 1. The van der Waals surface area contributed by atoms with Gasteiger partial charge in [-0.25, -0.2) is 4.79 Å². The fraction of sp³-hybridized carbons (Fsp3) is 0.250. The highest BCUT2D eigenvalue weighted by atomic mass is 16.5. The lowest BCUT2D eigenvalue weighted by Gasteiger charge is -2.25. The Morgan fingerprint density at radius 2 is 1.64 bits per heavy atom. The molecule has 4 N–H and O–H groups in total. The highest BCUT2D eigenvalue weighted by Gasteiger charge is 2.45. The lowest BCUT2D eigenvalue weighted by atomic mass is 9.95. The van der Waals surface area contributed by atoms with Crippen LogP contribution in [0.2, 0.25) is 0 Å². The van der Waals surface area contributed by atoms with E-state index in [0.29, 0.717) is 24.5 Å².